The van der Waals surface area contributed by atoms with Crippen molar-refractivity contribution in [1.29, 1.82) is 0 Å². The molecule has 0 aromatic rings. The zero-order valence-electron chi connectivity index (χ0n) is 10.6. The van der Waals surface area contributed by atoms with Crippen LogP contribution in [0.2, 0.25) is 0 Å². The SMILES string of the molecule is C=CCCCCCCC1=CCCC=CCC1. The van der Waals surface area contributed by atoms with Gasteiger partial charge in [0.05, 0.1) is 0 Å². The second-order valence-electron chi connectivity index (χ2n) is 4.69. The monoisotopic (exact) mass is 218 g/mol. The van der Waals surface area contributed by atoms with Crippen LogP contribution in [0.4, 0.5) is 0 Å². The van der Waals surface area contributed by atoms with Crippen molar-refractivity contribution in [1.82, 2.24) is 0 Å². The van der Waals surface area contributed by atoms with Gasteiger partial charge in [-0.05, 0) is 51.4 Å². The molecule has 1 rings (SSSR count). The van der Waals surface area contributed by atoms with Crippen LogP contribution < -0.4 is 0 Å². The minimum atomic E-state index is 1.19. The summed E-state index contributed by atoms with van der Waals surface area (Å²) >= 11 is 0. The lowest BCUT2D eigenvalue weighted by molar-refractivity contribution is 0.635. The second kappa shape index (κ2) is 9.45. The van der Waals surface area contributed by atoms with E-state index in [1.807, 2.05) is 6.08 Å². The molecule has 0 aromatic heterocycles. The fourth-order valence-corrected chi connectivity index (χ4v) is 2.21. The Bertz CT molecular complexity index is 232. The molecule has 0 aromatic carbocycles. The normalized spacial score (nSPS) is 16.4. The predicted octanol–water partition coefficient (Wildman–Crippen LogP) is 5.57. The number of allylic oxidation sites excluding steroid dienone is 5. The van der Waals surface area contributed by atoms with Crippen LogP contribution in [-0.2, 0) is 0 Å². The molecule has 0 aliphatic heterocycles. The van der Waals surface area contributed by atoms with Crippen LogP contribution in [0, 0.1) is 0 Å². The average molecular weight is 218 g/mol. The summed E-state index contributed by atoms with van der Waals surface area (Å²) < 4.78 is 0. The van der Waals surface area contributed by atoms with Gasteiger partial charge in [-0.3, -0.25) is 0 Å². The Hall–Kier alpha value is -0.780. The van der Waals surface area contributed by atoms with Crippen molar-refractivity contribution >= 4 is 0 Å². The summed E-state index contributed by atoms with van der Waals surface area (Å²) in [6.45, 7) is 3.76. The maximum Gasteiger partial charge on any atom is -0.0286 e. The van der Waals surface area contributed by atoms with Gasteiger partial charge in [0.25, 0.3) is 0 Å². The summed E-state index contributed by atoms with van der Waals surface area (Å²) in [7, 11) is 0. The fourth-order valence-electron chi connectivity index (χ4n) is 2.21. The molecule has 0 saturated heterocycles. The Labute approximate surface area is 101 Å². The predicted molar refractivity (Wildman–Crippen MR) is 73.6 cm³/mol. The molecule has 90 valence electrons. The van der Waals surface area contributed by atoms with E-state index in [-0.39, 0.29) is 0 Å². The highest BCUT2D eigenvalue weighted by atomic mass is 14.0. The van der Waals surface area contributed by atoms with E-state index in [0.717, 1.165) is 0 Å². The van der Waals surface area contributed by atoms with E-state index in [2.05, 4.69) is 24.8 Å². The number of hydrogen-bond acceptors (Lipinski definition) is 0. The van der Waals surface area contributed by atoms with Crippen molar-refractivity contribution in [2.75, 3.05) is 0 Å². The molecule has 1 aliphatic carbocycles. The summed E-state index contributed by atoms with van der Waals surface area (Å²) in [5, 5.41) is 0. The van der Waals surface area contributed by atoms with Crippen molar-refractivity contribution in [2.24, 2.45) is 0 Å². The van der Waals surface area contributed by atoms with Gasteiger partial charge in [0, 0.05) is 0 Å². The van der Waals surface area contributed by atoms with Crippen LogP contribution in [0.5, 0.6) is 0 Å². The van der Waals surface area contributed by atoms with Crippen LogP contribution in [0.25, 0.3) is 0 Å². The summed E-state index contributed by atoms with van der Waals surface area (Å²) in [5.41, 5.74) is 1.70. The molecule has 0 amide bonds. The van der Waals surface area contributed by atoms with Crippen LogP contribution in [0.15, 0.2) is 36.5 Å². The Morgan fingerprint density at radius 3 is 2.69 bits per heavy atom. The third-order valence-electron chi connectivity index (χ3n) is 3.22. The van der Waals surface area contributed by atoms with E-state index in [0.29, 0.717) is 0 Å². The standard InChI is InChI=1S/C16H26/c1-2-3-4-5-7-10-13-16-14-11-8-6-9-12-15-16/h2,6,8,15H,1,3-5,7,9-14H2. The summed E-state index contributed by atoms with van der Waals surface area (Å²) in [5.74, 6) is 0. The lowest BCUT2D eigenvalue weighted by atomic mass is 9.98. The zero-order valence-corrected chi connectivity index (χ0v) is 10.6. The first-order chi connectivity index (χ1) is 7.93. The van der Waals surface area contributed by atoms with Gasteiger partial charge in [0.15, 0.2) is 0 Å². The van der Waals surface area contributed by atoms with Gasteiger partial charge in [-0.25, -0.2) is 0 Å². The maximum absolute atomic E-state index is 3.76. The molecule has 16 heavy (non-hydrogen) atoms. The molecule has 0 atom stereocenters. The topological polar surface area (TPSA) is 0 Å². The smallest absolute Gasteiger partial charge is 0.0286 e. The van der Waals surface area contributed by atoms with Gasteiger partial charge < -0.3 is 0 Å². The van der Waals surface area contributed by atoms with Crippen LogP contribution in [0.1, 0.15) is 64.2 Å². The minimum absolute atomic E-state index is 1.19. The lowest BCUT2D eigenvalue weighted by Gasteiger charge is -2.08. The molecule has 0 saturated carbocycles. The Balaban J connectivity index is 2.04. The van der Waals surface area contributed by atoms with E-state index in [1.54, 1.807) is 5.57 Å². The van der Waals surface area contributed by atoms with Gasteiger partial charge in [0.2, 0.25) is 0 Å². The molecule has 0 nitrogen and oxygen atoms in total. The van der Waals surface area contributed by atoms with Crippen LogP contribution in [-0.4, -0.2) is 0 Å². The Morgan fingerprint density at radius 1 is 1.00 bits per heavy atom. The highest BCUT2D eigenvalue weighted by molar-refractivity contribution is 5.06. The lowest BCUT2D eigenvalue weighted by Crippen LogP contribution is -1.88. The van der Waals surface area contributed by atoms with Crippen molar-refractivity contribution in [3.05, 3.63) is 36.5 Å². The molecule has 0 heteroatoms. The van der Waals surface area contributed by atoms with Crippen LogP contribution >= 0.6 is 0 Å². The van der Waals surface area contributed by atoms with Gasteiger partial charge in [0.1, 0.15) is 0 Å². The van der Waals surface area contributed by atoms with E-state index < -0.39 is 0 Å². The molecule has 0 bridgehead atoms. The van der Waals surface area contributed by atoms with E-state index in [4.69, 9.17) is 0 Å². The first-order valence-corrected chi connectivity index (χ1v) is 6.87. The first kappa shape index (κ1) is 13.3. The maximum atomic E-state index is 3.76. The largest absolute Gasteiger partial charge is 0.103 e. The molecule has 0 heterocycles. The molecule has 0 spiro atoms. The van der Waals surface area contributed by atoms with Crippen molar-refractivity contribution < 1.29 is 0 Å². The summed E-state index contributed by atoms with van der Waals surface area (Å²) in [6.07, 6.45) is 22.2. The van der Waals surface area contributed by atoms with Gasteiger partial charge in [-0.2, -0.15) is 0 Å². The van der Waals surface area contributed by atoms with Gasteiger partial charge in [-0.1, -0.05) is 42.7 Å². The number of hydrogen-bond donors (Lipinski definition) is 0. The van der Waals surface area contributed by atoms with Crippen molar-refractivity contribution in [2.45, 2.75) is 64.2 Å². The highest BCUT2D eigenvalue weighted by Gasteiger charge is 1.99. The Kier molecular flexibility index (Phi) is 7.84. The van der Waals surface area contributed by atoms with Crippen LogP contribution in [0.3, 0.4) is 0 Å². The minimum Gasteiger partial charge on any atom is -0.103 e. The fraction of sp³-hybridized carbons (Fsp3) is 0.625. The highest BCUT2D eigenvalue weighted by Crippen LogP contribution is 2.19. The van der Waals surface area contributed by atoms with E-state index in [1.165, 1.54) is 64.2 Å². The molecular weight excluding hydrogens is 192 g/mol. The zero-order chi connectivity index (χ0) is 11.5. The van der Waals surface area contributed by atoms with E-state index in [9.17, 15) is 0 Å². The molecule has 0 radical (unpaired) electrons. The average Bonchev–Trinajstić information content (AvgIpc) is 2.25. The third kappa shape index (κ3) is 6.66. The van der Waals surface area contributed by atoms with Gasteiger partial charge >= 0.3 is 0 Å². The molecular formula is C16H26. The molecule has 0 unspecified atom stereocenters. The third-order valence-corrected chi connectivity index (χ3v) is 3.22. The number of unbranched alkanes of at least 4 members (excludes halogenated alkanes) is 4. The number of rotatable bonds is 7. The molecule has 0 N–H and O–H groups in total. The quantitative estimate of drug-likeness (QED) is 0.387. The summed E-state index contributed by atoms with van der Waals surface area (Å²) in [6, 6.07) is 0. The second-order valence-corrected chi connectivity index (χ2v) is 4.69. The molecule has 0 fully saturated rings. The Morgan fingerprint density at radius 2 is 1.81 bits per heavy atom. The molecule has 1 aliphatic rings. The summed E-state index contributed by atoms with van der Waals surface area (Å²) in [4.78, 5) is 0. The van der Waals surface area contributed by atoms with Crippen molar-refractivity contribution in [3.63, 3.8) is 0 Å². The first-order valence-electron chi connectivity index (χ1n) is 6.87. The van der Waals surface area contributed by atoms with Gasteiger partial charge in [-0.15, -0.1) is 6.58 Å². The van der Waals surface area contributed by atoms with E-state index >= 15 is 0 Å². The van der Waals surface area contributed by atoms with Crippen molar-refractivity contribution in [3.8, 4) is 0 Å².